The largest absolute Gasteiger partial charge is 0.207 e. The van der Waals surface area contributed by atoms with Crippen molar-refractivity contribution in [1.82, 2.24) is 0 Å². The van der Waals surface area contributed by atoms with Gasteiger partial charge in [0.05, 0.1) is 0 Å². The van der Waals surface area contributed by atoms with Crippen molar-refractivity contribution in [3.05, 3.63) is 35.6 Å². The van der Waals surface area contributed by atoms with E-state index in [4.69, 9.17) is 0 Å². The van der Waals surface area contributed by atoms with E-state index in [1.54, 1.807) is 12.1 Å². The third-order valence-electron chi connectivity index (χ3n) is 4.11. The summed E-state index contributed by atoms with van der Waals surface area (Å²) in [4.78, 5) is 0.382. The summed E-state index contributed by atoms with van der Waals surface area (Å²) in [6.45, 7) is 2.34. The zero-order chi connectivity index (χ0) is 12.3. The minimum absolute atomic E-state index is 0.0728. The van der Waals surface area contributed by atoms with Gasteiger partial charge in [-0.15, -0.1) is 0 Å². The lowest BCUT2D eigenvalue weighted by Crippen LogP contribution is -2.32. The van der Waals surface area contributed by atoms with Crippen LogP contribution in [0.15, 0.2) is 24.3 Å². The number of rotatable bonds is 3. The van der Waals surface area contributed by atoms with E-state index >= 15 is 0 Å². The van der Waals surface area contributed by atoms with E-state index < -0.39 is 0 Å². The molecule has 0 N–H and O–H groups in total. The maximum atomic E-state index is 13.6. The Bertz CT molecular complexity index is 369. The van der Waals surface area contributed by atoms with Crippen LogP contribution in [0.4, 0.5) is 4.39 Å². The smallest absolute Gasteiger partial charge is 0.126 e. The molecule has 0 amide bonds. The first-order valence-electron chi connectivity index (χ1n) is 6.49. The Morgan fingerprint density at radius 1 is 1.24 bits per heavy atom. The molecular formula is C15H20BrF. The van der Waals surface area contributed by atoms with Crippen LogP contribution in [0.5, 0.6) is 0 Å². The number of halogens is 2. The SMILES string of the molecule is CC1(C(Br)Cc2ccccc2F)CCCCC1. The van der Waals surface area contributed by atoms with Gasteiger partial charge in [0.25, 0.3) is 0 Å². The quantitative estimate of drug-likeness (QED) is 0.681. The maximum Gasteiger partial charge on any atom is 0.126 e. The molecule has 1 atom stereocenters. The second kappa shape index (κ2) is 5.51. The molecule has 94 valence electrons. The lowest BCUT2D eigenvalue weighted by atomic mass is 9.72. The van der Waals surface area contributed by atoms with Gasteiger partial charge in [0.2, 0.25) is 0 Å². The Morgan fingerprint density at radius 3 is 2.53 bits per heavy atom. The van der Waals surface area contributed by atoms with Crippen LogP contribution in [0.1, 0.15) is 44.6 Å². The molecule has 0 aliphatic heterocycles. The number of hydrogen-bond donors (Lipinski definition) is 0. The molecule has 1 aromatic carbocycles. The fourth-order valence-corrected chi connectivity index (χ4v) is 3.58. The first kappa shape index (κ1) is 13.1. The molecule has 0 spiro atoms. The molecule has 0 saturated heterocycles. The van der Waals surface area contributed by atoms with E-state index in [-0.39, 0.29) is 5.82 Å². The Labute approximate surface area is 112 Å². The molecular weight excluding hydrogens is 279 g/mol. The standard InChI is InChI=1S/C15H20BrF/c1-15(9-5-2-6-10-15)14(16)11-12-7-3-4-8-13(12)17/h3-4,7-8,14H,2,5-6,9-11H2,1H3. The molecule has 0 radical (unpaired) electrons. The molecule has 2 rings (SSSR count). The second-order valence-electron chi connectivity index (χ2n) is 5.48. The predicted molar refractivity (Wildman–Crippen MR) is 74.0 cm³/mol. The van der Waals surface area contributed by atoms with Crippen LogP contribution in [0.3, 0.4) is 0 Å². The molecule has 1 aromatic rings. The van der Waals surface area contributed by atoms with Gasteiger partial charge in [-0.2, -0.15) is 0 Å². The average Bonchev–Trinajstić information content (AvgIpc) is 2.33. The predicted octanol–water partition coefficient (Wildman–Crippen LogP) is 5.10. The summed E-state index contributed by atoms with van der Waals surface area (Å²) < 4.78 is 13.6. The first-order chi connectivity index (χ1) is 8.12. The van der Waals surface area contributed by atoms with E-state index in [0.717, 1.165) is 12.0 Å². The van der Waals surface area contributed by atoms with Gasteiger partial charge in [0.1, 0.15) is 5.82 Å². The number of benzene rings is 1. The molecule has 1 fully saturated rings. The normalized spacial score (nSPS) is 21.1. The molecule has 1 aliphatic rings. The fraction of sp³-hybridized carbons (Fsp3) is 0.600. The first-order valence-corrected chi connectivity index (χ1v) is 7.41. The Balaban J connectivity index is 2.05. The fourth-order valence-electron chi connectivity index (χ4n) is 2.78. The highest BCUT2D eigenvalue weighted by molar-refractivity contribution is 9.09. The van der Waals surface area contributed by atoms with E-state index in [1.807, 2.05) is 12.1 Å². The van der Waals surface area contributed by atoms with Crippen molar-refractivity contribution in [3.63, 3.8) is 0 Å². The maximum absolute atomic E-state index is 13.6. The third kappa shape index (κ3) is 3.09. The van der Waals surface area contributed by atoms with Crippen LogP contribution in [0.2, 0.25) is 0 Å². The van der Waals surface area contributed by atoms with Crippen LogP contribution in [0, 0.1) is 11.2 Å². The van der Waals surface area contributed by atoms with Crippen molar-refractivity contribution >= 4 is 15.9 Å². The van der Waals surface area contributed by atoms with Gasteiger partial charge in [-0.25, -0.2) is 4.39 Å². The zero-order valence-electron chi connectivity index (χ0n) is 10.4. The zero-order valence-corrected chi connectivity index (χ0v) is 12.0. The van der Waals surface area contributed by atoms with E-state index in [9.17, 15) is 4.39 Å². The highest BCUT2D eigenvalue weighted by Gasteiger charge is 2.34. The molecule has 0 nitrogen and oxygen atoms in total. The van der Waals surface area contributed by atoms with Crippen LogP contribution >= 0.6 is 15.9 Å². The molecule has 0 aromatic heterocycles. The van der Waals surface area contributed by atoms with Crippen molar-refractivity contribution in [2.24, 2.45) is 5.41 Å². The Hall–Kier alpha value is -0.370. The van der Waals surface area contributed by atoms with Gasteiger partial charge >= 0.3 is 0 Å². The van der Waals surface area contributed by atoms with E-state index in [0.29, 0.717) is 10.2 Å². The van der Waals surface area contributed by atoms with Gasteiger partial charge in [-0.3, -0.25) is 0 Å². The average molecular weight is 299 g/mol. The van der Waals surface area contributed by atoms with Crippen molar-refractivity contribution in [2.75, 3.05) is 0 Å². The minimum atomic E-state index is -0.0728. The highest BCUT2D eigenvalue weighted by atomic mass is 79.9. The lowest BCUT2D eigenvalue weighted by molar-refractivity contribution is 0.210. The van der Waals surface area contributed by atoms with E-state index in [2.05, 4.69) is 22.9 Å². The van der Waals surface area contributed by atoms with Gasteiger partial charge in [0, 0.05) is 4.83 Å². The van der Waals surface area contributed by atoms with Crippen molar-refractivity contribution in [1.29, 1.82) is 0 Å². The van der Waals surface area contributed by atoms with Crippen LogP contribution < -0.4 is 0 Å². The lowest BCUT2D eigenvalue weighted by Gasteiger charge is -2.38. The summed E-state index contributed by atoms with van der Waals surface area (Å²) in [5.41, 5.74) is 1.17. The second-order valence-corrected chi connectivity index (χ2v) is 6.58. The van der Waals surface area contributed by atoms with Gasteiger partial charge < -0.3 is 0 Å². The summed E-state index contributed by atoms with van der Waals surface area (Å²) in [7, 11) is 0. The minimum Gasteiger partial charge on any atom is -0.207 e. The number of alkyl halides is 1. The summed E-state index contributed by atoms with van der Waals surface area (Å²) in [5, 5.41) is 0. The van der Waals surface area contributed by atoms with Crippen LogP contribution in [-0.4, -0.2) is 4.83 Å². The molecule has 1 saturated carbocycles. The Morgan fingerprint density at radius 2 is 1.88 bits per heavy atom. The summed E-state index contributed by atoms with van der Waals surface area (Å²) in [5.74, 6) is -0.0728. The van der Waals surface area contributed by atoms with Crippen molar-refractivity contribution in [3.8, 4) is 0 Å². The molecule has 17 heavy (non-hydrogen) atoms. The van der Waals surface area contributed by atoms with Crippen molar-refractivity contribution < 1.29 is 4.39 Å². The molecule has 1 unspecified atom stereocenters. The summed E-state index contributed by atoms with van der Waals surface area (Å²) in [6.07, 6.45) is 7.30. The van der Waals surface area contributed by atoms with E-state index in [1.165, 1.54) is 32.1 Å². The van der Waals surface area contributed by atoms with Gasteiger partial charge in [0.15, 0.2) is 0 Å². The molecule has 2 heteroatoms. The van der Waals surface area contributed by atoms with Gasteiger partial charge in [-0.05, 0) is 36.3 Å². The number of hydrogen-bond acceptors (Lipinski definition) is 0. The monoisotopic (exact) mass is 298 g/mol. The van der Waals surface area contributed by atoms with Crippen molar-refractivity contribution in [2.45, 2.75) is 50.3 Å². The van der Waals surface area contributed by atoms with Crippen LogP contribution in [0.25, 0.3) is 0 Å². The summed E-state index contributed by atoms with van der Waals surface area (Å²) >= 11 is 3.80. The molecule has 0 bridgehead atoms. The summed E-state index contributed by atoms with van der Waals surface area (Å²) in [6, 6.07) is 7.12. The Kier molecular flexibility index (Phi) is 4.24. The topological polar surface area (TPSA) is 0 Å². The molecule has 1 aliphatic carbocycles. The molecule has 0 heterocycles. The van der Waals surface area contributed by atoms with Crippen LogP contribution in [-0.2, 0) is 6.42 Å². The van der Waals surface area contributed by atoms with Gasteiger partial charge in [-0.1, -0.05) is 60.3 Å². The third-order valence-corrected chi connectivity index (χ3v) is 5.54. The highest BCUT2D eigenvalue weighted by Crippen LogP contribution is 2.43.